The molecule has 0 aromatic heterocycles. The van der Waals surface area contributed by atoms with Crippen LogP contribution < -0.4 is 5.32 Å². The Morgan fingerprint density at radius 2 is 2.11 bits per heavy atom. The van der Waals surface area contributed by atoms with Crippen molar-refractivity contribution in [2.45, 2.75) is 32.8 Å². The van der Waals surface area contributed by atoms with Crippen molar-refractivity contribution in [2.75, 3.05) is 0 Å². The molecule has 1 amide bonds. The molecule has 0 aliphatic heterocycles. The third kappa shape index (κ3) is 7.09. The fraction of sp³-hybridized carbons (Fsp3) is 0.312. The molecule has 1 N–H and O–H groups in total. The van der Waals surface area contributed by atoms with Crippen LogP contribution in [0.25, 0.3) is 0 Å². The molecule has 0 fully saturated rings. The van der Waals surface area contributed by atoms with E-state index >= 15 is 0 Å². The average molecular weight is 259 g/mol. The van der Waals surface area contributed by atoms with Gasteiger partial charge in [0.2, 0.25) is 0 Å². The maximum absolute atomic E-state index is 11.5. The van der Waals surface area contributed by atoms with Crippen LogP contribution in [-0.4, -0.2) is 6.09 Å². The fourth-order valence-electron chi connectivity index (χ4n) is 1.48. The van der Waals surface area contributed by atoms with Gasteiger partial charge in [0.15, 0.2) is 0 Å². The van der Waals surface area contributed by atoms with Crippen molar-refractivity contribution < 1.29 is 9.53 Å². The molecular weight excluding hydrogens is 238 g/mol. The number of carbonyl (C=O) groups is 1. The molecule has 102 valence electrons. The van der Waals surface area contributed by atoms with Gasteiger partial charge in [-0.1, -0.05) is 62.8 Å². The lowest BCUT2D eigenvalue weighted by Crippen LogP contribution is -2.22. The Labute approximate surface area is 115 Å². The Morgan fingerprint density at radius 1 is 1.37 bits per heavy atom. The van der Waals surface area contributed by atoms with E-state index in [9.17, 15) is 4.79 Å². The van der Waals surface area contributed by atoms with Gasteiger partial charge in [-0.3, -0.25) is 5.32 Å². The van der Waals surface area contributed by atoms with E-state index in [0.717, 1.165) is 24.8 Å². The van der Waals surface area contributed by atoms with Gasteiger partial charge < -0.3 is 4.74 Å². The number of nitrogens with one attached hydrogen (secondary N) is 1. The van der Waals surface area contributed by atoms with Gasteiger partial charge in [-0.25, -0.2) is 4.79 Å². The van der Waals surface area contributed by atoms with Crippen LogP contribution in [0.15, 0.2) is 54.8 Å². The molecular formula is C16H21NO2. The molecule has 3 heteroatoms. The number of amides is 1. The topological polar surface area (TPSA) is 38.3 Å². The maximum Gasteiger partial charge on any atom is 0.411 e. The quantitative estimate of drug-likeness (QED) is 0.589. The Balaban J connectivity index is 2.23. The summed E-state index contributed by atoms with van der Waals surface area (Å²) in [5.41, 5.74) is 1.51. The molecule has 0 aliphatic carbocycles. The van der Waals surface area contributed by atoms with E-state index in [-0.39, 0.29) is 6.61 Å². The third-order valence-corrected chi connectivity index (χ3v) is 2.52. The molecule has 0 unspecified atom stereocenters. The van der Waals surface area contributed by atoms with Crippen molar-refractivity contribution in [3.05, 3.63) is 60.3 Å². The molecule has 0 heterocycles. The van der Waals surface area contributed by atoms with E-state index in [1.807, 2.05) is 36.4 Å². The monoisotopic (exact) mass is 259 g/mol. The summed E-state index contributed by atoms with van der Waals surface area (Å²) in [6, 6.07) is 9.56. The summed E-state index contributed by atoms with van der Waals surface area (Å²) >= 11 is 0. The number of benzene rings is 1. The van der Waals surface area contributed by atoms with Crippen LogP contribution in [0.3, 0.4) is 0 Å². The first-order chi connectivity index (χ1) is 9.22. The van der Waals surface area contributed by atoms with Crippen molar-refractivity contribution >= 4 is 6.09 Å². The molecule has 1 aromatic rings. The number of hydrogen-bond donors (Lipinski definition) is 1. The lowest BCUT2D eigenvalue weighted by Gasteiger charge is -2.06. The minimum atomic E-state index is -0.478. The largest absolute Gasteiger partial charge is 0.444 e. The zero-order chi connectivity index (χ0) is 13.9. The first-order valence-corrected chi connectivity index (χ1v) is 6.55. The molecule has 0 saturated carbocycles. The number of carbonyl (C=O) groups excluding carboxylic acids is 1. The van der Waals surface area contributed by atoms with E-state index in [1.54, 1.807) is 6.08 Å². The second-order valence-electron chi connectivity index (χ2n) is 4.26. The van der Waals surface area contributed by atoms with Gasteiger partial charge in [0.1, 0.15) is 6.61 Å². The molecule has 0 aliphatic rings. The van der Waals surface area contributed by atoms with Crippen molar-refractivity contribution in [1.29, 1.82) is 0 Å². The van der Waals surface area contributed by atoms with Crippen molar-refractivity contribution in [3.8, 4) is 0 Å². The first kappa shape index (κ1) is 15.0. The molecule has 0 saturated heterocycles. The van der Waals surface area contributed by atoms with Crippen LogP contribution in [0.1, 0.15) is 31.7 Å². The molecule has 1 aromatic carbocycles. The number of hydrogen-bond acceptors (Lipinski definition) is 2. The highest BCUT2D eigenvalue weighted by atomic mass is 16.5. The van der Waals surface area contributed by atoms with Crippen LogP contribution in [0.4, 0.5) is 4.79 Å². The minimum absolute atomic E-state index is 0.263. The third-order valence-electron chi connectivity index (χ3n) is 2.52. The Bertz CT molecular complexity index is 424. The van der Waals surface area contributed by atoms with Crippen molar-refractivity contribution in [1.82, 2.24) is 5.32 Å². The predicted octanol–water partition coefficient (Wildman–Crippen LogP) is 4.17. The van der Waals surface area contributed by atoms with Gasteiger partial charge in [-0.05, 0) is 18.1 Å². The summed E-state index contributed by atoms with van der Waals surface area (Å²) in [5, 5.41) is 2.58. The molecule has 0 atom stereocenters. The van der Waals surface area contributed by atoms with E-state index in [2.05, 4.69) is 18.8 Å². The fourth-order valence-corrected chi connectivity index (χ4v) is 1.48. The van der Waals surface area contributed by atoms with E-state index in [4.69, 9.17) is 4.74 Å². The summed E-state index contributed by atoms with van der Waals surface area (Å²) in [6.07, 6.45) is 6.62. The highest BCUT2D eigenvalue weighted by Crippen LogP contribution is 2.01. The number of ether oxygens (including phenoxy) is 1. The average Bonchev–Trinajstić information content (AvgIpc) is 2.42. The summed E-state index contributed by atoms with van der Waals surface area (Å²) in [7, 11) is 0. The van der Waals surface area contributed by atoms with Gasteiger partial charge in [-0.2, -0.15) is 0 Å². The molecule has 0 bridgehead atoms. The predicted molar refractivity (Wildman–Crippen MR) is 77.6 cm³/mol. The smallest absolute Gasteiger partial charge is 0.411 e. The second kappa shape index (κ2) is 8.97. The summed E-state index contributed by atoms with van der Waals surface area (Å²) < 4.78 is 5.08. The summed E-state index contributed by atoms with van der Waals surface area (Å²) in [4.78, 5) is 11.5. The van der Waals surface area contributed by atoms with Crippen LogP contribution in [0.2, 0.25) is 0 Å². The second-order valence-corrected chi connectivity index (χ2v) is 4.26. The van der Waals surface area contributed by atoms with E-state index < -0.39 is 6.09 Å². The molecule has 0 spiro atoms. The van der Waals surface area contributed by atoms with Gasteiger partial charge in [0, 0.05) is 5.70 Å². The van der Waals surface area contributed by atoms with Crippen LogP contribution >= 0.6 is 0 Å². The summed E-state index contributed by atoms with van der Waals surface area (Å²) in [5.74, 6) is 0. The number of allylic oxidation sites excluding steroid dienone is 2. The zero-order valence-electron chi connectivity index (χ0n) is 11.4. The first-order valence-electron chi connectivity index (χ1n) is 6.55. The zero-order valence-corrected chi connectivity index (χ0v) is 11.4. The normalized spacial score (nSPS) is 10.4. The van der Waals surface area contributed by atoms with Gasteiger partial charge >= 0.3 is 6.09 Å². The Kier molecular flexibility index (Phi) is 7.10. The molecule has 3 nitrogen and oxygen atoms in total. The van der Waals surface area contributed by atoms with E-state index in [1.165, 1.54) is 0 Å². The Morgan fingerprint density at radius 3 is 2.79 bits per heavy atom. The van der Waals surface area contributed by atoms with E-state index in [0.29, 0.717) is 5.70 Å². The number of rotatable bonds is 7. The molecule has 19 heavy (non-hydrogen) atoms. The SMILES string of the molecule is C=C(/C=C/CCCC)NC(=O)OCc1ccccc1. The lowest BCUT2D eigenvalue weighted by molar-refractivity contribution is 0.143. The lowest BCUT2D eigenvalue weighted by atomic mass is 10.2. The van der Waals surface area contributed by atoms with Gasteiger partial charge in [0.05, 0.1) is 0 Å². The van der Waals surface area contributed by atoms with Gasteiger partial charge in [-0.15, -0.1) is 0 Å². The standard InChI is InChI=1S/C16H21NO2/c1-3-4-5-7-10-14(2)17-16(18)19-13-15-11-8-6-9-12-15/h6-12H,2-5,13H2,1H3,(H,17,18)/b10-7+. The maximum atomic E-state index is 11.5. The highest BCUT2D eigenvalue weighted by molar-refractivity contribution is 5.70. The highest BCUT2D eigenvalue weighted by Gasteiger charge is 2.02. The van der Waals surface area contributed by atoms with Gasteiger partial charge in [0.25, 0.3) is 0 Å². The number of alkyl carbamates (subject to hydrolysis) is 1. The van der Waals surface area contributed by atoms with Crippen molar-refractivity contribution in [2.24, 2.45) is 0 Å². The Hall–Kier alpha value is -2.03. The van der Waals surface area contributed by atoms with Crippen LogP contribution in [-0.2, 0) is 11.3 Å². The molecule has 0 radical (unpaired) electrons. The number of unbranched alkanes of at least 4 members (excludes halogenated alkanes) is 2. The van der Waals surface area contributed by atoms with Crippen LogP contribution in [0, 0.1) is 0 Å². The van der Waals surface area contributed by atoms with Crippen molar-refractivity contribution in [3.63, 3.8) is 0 Å². The summed E-state index contributed by atoms with van der Waals surface area (Å²) in [6.45, 7) is 6.15. The molecule has 1 rings (SSSR count). The van der Waals surface area contributed by atoms with Crippen LogP contribution in [0.5, 0.6) is 0 Å². The minimum Gasteiger partial charge on any atom is -0.444 e.